The van der Waals surface area contributed by atoms with Crippen LogP contribution in [0.4, 0.5) is 14.6 Å². The molecule has 0 aliphatic carbocycles. The number of nitrogens with zero attached hydrogens (tertiary/aromatic N) is 4. The van der Waals surface area contributed by atoms with Crippen LogP contribution >= 0.6 is 0 Å². The van der Waals surface area contributed by atoms with Gasteiger partial charge in [-0.1, -0.05) is 6.07 Å². The Bertz CT molecular complexity index is 1100. The van der Waals surface area contributed by atoms with Crippen LogP contribution in [-0.2, 0) is 0 Å². The predicted octanol–water partition coefficient (Wildman–Crippen LogP) is 4.07. The maximum Gasteiger partial charge on any atom is 0.182 e. The molecule has 26 heavy (non-hydrogen) atoms. The molecule has 0 aliphatic rings. The highest BCUT2D eigenvalue weighted by atomic mass is 19.1. The van der Waals surface area contributed by atoms with Crippen LogP contribution in [0.15, 0.2) is 55.0 Å². The van der Waals surface area contributed by atoms with Crippen molar-refractivity contribution < 1.29 is 8.78 Å². The number of anilines is 1. The molecule has 0 radical (unpaired) electrons. The fraction of sp³-hybridized carbons (Fsp3) is 0.0526. The van der Waals surface area contributed by atoms with Gasteiger partial charge in [0.2, 0.25) is 0 Å². The van der Waals surface area contributed by atoms with Crippen LogP contribution < -0.4 is 5.32 Å². The van der Waals surface area contributed by atoms with E-state index >= 15 is 0 Å². The summed E-state index contributed by atoms with van der Waals surface area (Å²) in [6.45, 7) is 0. The Morgan fingerprint density at radius 2 is 1.85 bits per heavy atom. The number of benzene rings is 2. The minimum absolute atomic E-state index is 0.313. The van der Waals surface area contributed by atoms with Gasteiger partial charge in [-0.05, 0) is 29.8 Å². The van der Waals surface area contributed by atoms with E-state index in [0.717, 1.165) is 11.5 Å². The van der Waals surface area contributed by atoms with E-state index in [4.69, 9.17) is 0 Å². The Balaban J connectivity index is 1.88. The first-order chi connectivity index (χ1) is 12.7. The van der Waals surface area contributed by atoms with Crippen LogP contribution in [0.5, 0.6) is 0 Å². The number of rotatable bonds is 3. The van der Waals surface area contributed by atoms with Gasteiger partial charge in [0.25, 0.3) is 0 Å². The average Bonchev–Trinajstić information content (AvgIpc) is 2.67. The minimum atomic E-state index is -0.618. The van der Waals surface area contributed by atoms with Crippen molar-refractivity contribution >= 4 is 16.7 Å². The van der Waals surface area contributed by atoms with E-state index in [0.29, 0.717) is 34.0 Å². The number of fused-ring (bicyclic) bond motifs is 1. The zero-order valence-electron chi connectivity index (χ0n) is 13.7. The van der Waals surface area contributed by atoms with Crippen molar-refractivity contribution in [1.82, 2.24) is 19.9 Å². The molecule has 128 valence electrons. The van der Waals surface area contributed by atoms with Crippen molar-refractivity contribution in [2.75, 3.05) is 12.4 Å². The zero-order chi connectivity index (χ0) is 18.1. The van der Waals surface area contributed by atoms with Gasteiger partial charge in [-0.3, -0.25) is 4.98 Å². The van der Waals surface area contributed by atoms with E-state index in [-0.39, 0.29) is 0 Å². The fourth-order valence-corrected chi connectivity index (χ4v) is 2.74. The van der Waals surface area contributed by atoms with Crippen LogP contribution in [-0.4, -0.2) is 27.0 Å². The number of nitrogens with one attached hydrogen (secondary N) is 1. The first-order valence-corrected chi connectivity index (χ1v) is 7.87. The smallest absolute Gasteiger partial charge is 0.182 e. The Morgan fingerprint density at radius 1 is 0.962 bits per heavy atom. The molecular weight excluding hydrogens is 336 g/mol. The average molecular weight is 349 g/mol. The number of hydrogen-bond donors (Lipinski definition) is 1. The normalized spacial score (nSPS) is 10.9. The third-order valence-electron chi connectivity index (χ3n) is 3.97. The van der Waals surface area contributed by atoms with Crippen molar-refractivity contribution in [1.29, 1.82) is 0 Å². The monoisotopic (exact) mass is 349 g/mol. The van der Waals surface area contributed by atoms with E-state index < -0.39 is 11.6 Å². The molecule has 0 fully saturated rings. The SMILES string of the molecule is CNc1nc(-c2cnccn2)nc2ccc(-c3ccc(F)cc3F)cc12. The second kappa shape index (κ2) is 6.44. The minimum Gasteiger partial charge on any atom is -0.373 e. The summed E-state index contributed by atoms with van der Waals surface area (Å²) >= 11 is 0. The molecule has 0 saturated carbocycles. The lowest BCUT2D eigenvalue weighted by Gasteiger charge is -2.10. The van der Waals surface area contributed by atoms with Gasteiger partial charge < -0.3 is 5.32 Å². The number of aromatic nitrogens is 4. The summed E-state index contributed by atoms with van der Waals surface area (Å²) in [5.41, 5.74) is 2.16. The second-order valence-corrected chi connectivity index (χ2v) is 5.59. The molecule has 0 bridgehead atoms. The highest BCUT2D eigenvalue weighted by Gasteiger charge is 2.12. The molecule has 0 unspecified atom stereocenters. The van der Waals surface area contributed by atoms with Crippen molar-refractivity contribution in [3.63, 3.8) is 0 Å². The van der Waals surface area contributed by atoms with Crippen LogP contribution in [0.3, 0.4) is 0 Å². The topological polar surface area (TPSA) is 63.6 Å². The molecule has 2 aromatic carbocycles. The van der Waals surface area contributed by atoms with Crippen LogP contribution in [0.25, 0.3) is 33.5 Å². The Morgan fingerprint density at radius 3 is 2.58 bits per heavy atom. The summed E-state index contributed by atoms with van der Waals surface area (Å²) in [5.74, 6) is -0.206. The maximum absolute atomic E-state index is 14.1. The molecular formula is C19H13F2N5. The Hall–Kier alpha value is -3.48. The summed E-state index contributed by atoms with van der Waals surface area (Å²) in [6, 6.07) is 8.81. The molecule has 4 aromatic rings. The van der Waals surface area contributed by atoms with Gasteiger partial charge in [0.1, 0.15) is 23.1 Å². The molecule has 0 amide bonds. The summed E-state index contributed by atoms with van der Waals surface area (Å²) < 4.78 is 27.3. The summed E-state index contributed by atoms with van der Waals surface area (Å²) in [4.78, 5) is 17.2. The first kappa shape index (κ1) is 16.0. The molecule has 0 atom stereocenters. The van der Waals surface area contributed by atoms with Crippen molar-refractivity contribution in [2.24, 2.45) is 0 Å². The third-order valence-corrected chi connectivity index (χ3v) is 3.97. The van der Waals surface area contributed by atoms with Gasteiger partial charge in [0.05, 0.1) is 11.7 Å². The van der Waals surface area contributed by atoms with Gasteiger partial charge in [-0.2, -0.15) is 0 Å². The second-order valence-electron chi connectivity index (χ2n) is 5.59. The molecule has 2 aromatic heterocycles. The van der Waals surface area contributed by atoms with Gasteiger partial charge in [0, 0.05) is 36.5 Å². The van der Waals surface area contributed by atoms with E-state index in [2.05, 4.69) is 25.3 Å². The van der Waals surface area contributed by atoms with E-state index in [1.165, 1.54) is 12.1 Å². The van der Waals surface area contributed by atoms with Crippen molar-refractivity contribution in [3.8, 4) is 22.6 Å². The lowest BCUT2D eigenvalue weighted by Crippen LogP contribution is -2.00. The number of halogens is 2. The van der Waals surface area contributed by atoms with Crippen molar-refractivity contribution in [3.05, 3.63) is 66.6 Å². The van der Waals surface area contributed by atoms with Crippen LogP contribution in [0, 0.1) is 11.6 Å². The Kier molecular flexibility index (Phi) is 3.96. The largest absolute Gasteiger partial charge is 0.373 e. The zero-order valence-corrected chi connectivity index (χ0v) is 13.7. The van der Waals surface area contributed by atoms with Crippen LogP contribution in [0.2, 0.25) is 0 Å². The third kappa shape index (κ3) is 2.83. The molecule has 0 spiro atoms. The fourth-order valence-electron chi connectivity index (χ4n) is 2.74. The Labute approximate surface area is 147 Å². The number of hydrogen-bond acceptors (Lipinski definition) is 5. The van der Waals surface area contributed by atoms with E-state index in [1.54, 1.807) is 43.8 Å². The van der Waals surface area contributed by atoms with Gasteiger partial charge in [-0.15, -0.1) is 0 Å². The standard InChI is InChI=1S/C19H13F2N5/c1-22-18-14-8-11(13-4-3-12(20)9-15(13)21)2-5-16(14)25-19(26-18)17-10-23-6-7-24-17/h2-10H,1H3,(H,22,25,26). The van der Waals surface area contributed by atoms with E-state index in [9.17, 15) is 8.78 Å². The molecule has 0 aliphatic heterocycles. The molecule has 2 heterocycles. The first-order valence-electron chi connectivity index (χ1n) is 7.87. The van der Waals surface area contributed by atoms with Crippen molar-refractivity contribution in [2.45, 2.75) is 0 Å². The molecule has 7 heteroatoms. The lowest BCUT2D eigenvalue weighted by molar-refractivity contribution is 0.585. The van der Waals surface area contributed by atoms with Gasteiger partial charge in [-0.25, -0.2) is 23.7 Å². The lowest BCUT2D eigenvalue weighted by atomic mass is 10.0. The summed E-state index contributed by atoms with van der Waals surface area (Å²) in [5, 5.41) is 3.75. The molecule has 1 N–H and O–H groups in total. The molecule has 4 rings (SSSR count). The van der Waals surface area contributed by atoms with Gasteiger partial charge in [0.15, 0.2) is 5.82 Å². The molecule has 0 saturated heterocycles. The van der Waals surface area contributed by atoms with Gasteiger partial charge >= 0.3 is 0 Å². The van der Waals surface area contributed by atoms with Crippen LogP contribution in [0.1, 0.15) is 0 Å². The summed E-state index contributed by atoms with van der Waals surface area (Å²) in [6.07, 6.45) is 4.73. The predicted molar refractivity (Wildman–Crippen MR) is 95.5 cm³/mol. The summed E-state index contributed by atoms with van der Waals surface area (Å²) in [7, 11) is 1.74. The highest BCUT2D eigenvalue weighted by Crippen LogP contribution is 2.30. The quantitative estimate of drug-likeness (QED) is 0.604. The maximum atomic E-state index is 14.1. The van der Waals surface area contributed by atoms with E-state index in [1.807, 2.05) is 0 Å². The molecule has 5 nitrogen and oxygen atoms in total. The highest BCUT2D eigenvalue weighted by molar-refractivity contribution is 5.93.